The van der Waals surface area contributed by atoms with Crippen molar-refractivity contribution in [3.8, 4) is 0 Å². The van der Waals surface area contributed by atoms with Crippen LogP contribution in [-0.2, 0) is 9.59 Å². The van der Waals surface area contributed by atoms with Crippen LogP contribution >= 0.6 is 11.6 Å². The Bertz CT molecular complexity index is 606. The van der Waals surface area contributed by atoms with Gasteiger partial charge < -0.3 is 10.2 Å². The average Bonchev–Trinajstić information content (AvgIpc) is 2.73. The molecule has 0 radical (unpaired) electrons. The maximum atomic E-state index is 13.0. The Morgan fingerprint density at radius 1 is 1.41 bits per heavy atom. The van der Waals surface area contributed by atoms with Gasteiger partial charge in [-0.25, -0.2) is 4.39 Å². The molecule has 4 nitrogen and oxygen atoms in total. The highest BCUT2D eigenvalue weighted by atomic mass is 35.5. The Kier molecular flexibility index (Phi) is 4.60. The lowest BCUT2D eigenvalue weighted by atomic mass is 10.1. The van der Waals surface area contributed by atoms with Gasteiger partial charge in [-0.15, -0.1) is 0 Å². The van der Waals surface area contributed by atoms with E-state index in [-0.39, 0.29) is 23.7 Å². The predicted molar refractivity (Wildman–Crippen MR) is 70.8 cm³/mol. The molecule has 1 aromatic rings. The second-order valence-corrected chi connectivity index (χ2v) is 5.32. The summed E-state index contributed by atoms with van der Waals surface area (Å²) < 4.78 is 49.9. The van der Waals surface area contributed by atoms with Crippen molar-refractivity contribution in [2.75, 3.05) is 18.4 Å². The summed E-state index contributed by atoms with van der Waals surface area (Å²) in [5, 5.41) is 2.21. The predicted octanol–water partition coefficient (Wildman–Crippen LogP) is 2.83. The van der Waals surface area contributed by atoms with E-state index >= 15 is 0 Å². The Labute approximate surface area is 128 Å². The van der Waals surface area contributed by atoms with Gasteiger partial charge in [0.25, 0.3) is 0 Å². The van der Waals surface area contributed by atoms with Gasteiger partial charge in [-0.05, 0) is 18.2 Å². The van der Waals surface area contributed by atoms with Crippen molar-refractivity contribution in [2.24, 2.45) is 5.92 Å². The number of carbonyl (C=O) groups excluding carboxylic acids is 2. The molecule has 9 heteroatoms. The lowest BCUT2D eigenvalue weighted by Crippen LogP contribution is -2.36. The van der Waals surface area contributed by atoms with Crippen molar-refractivity contribution in [1.82, 2.24) is 4.90 Å². The highest BCUT2D eigenvalue weighted by Crippen LogP contribution is 2.25. The zero-order valence-corrected chi connectivity index (χ0v) is 11.8. The number of rotatable bonds is 3. The quantitative estimate of drug-likeness (QED) is 0.862. The number of nitrogens with one attached hydrogen (secondary N) is 1. The molecule has 2 amide bonds. The normalized spacial score (nSPS) is 18.7. The Morgan fingerprint density at radius 3 is 2.68 bits per heavy atom. The molecule has 0 bridgehead atoms. The van der Waals surface area contributed by atoms with Crippen molar-refractivity contribution in [3.05, 3.63) is 29.0 Å². The zero-order chi connectivity index (χ0) is 16.5. The smallest absolute Gasteiger partial charge is 0.333 e. The van der Waals surface area contributed by atoms with Gasteiger partial charge in [-0.1, -0.05) is 11.6 Å². The zero-order valence-electron chi connectivity index (χ0n) is 11.1. The molecule has 1 aliphatic rings. The minimum absolute atomic E-state index is 0.195. The van der Waals surface area contributed by atoms with Crippen molar-refractivity contribution in [1.29, 1.82) is 0 Å². The van der Waals surface area contributed by atoms with Gasteiger partial charge in [-0.3, -0.25) is 9.59 Å². The van der Waals surface area contributed by atoms with Crippen LogP contribution in [0.2, 0.25) is 5.02 Å². The van der Waals surface area contributed by atoms with E-state index in [9.17, 15) is 27.2 Å². The monoisotopic (exact) mass is 338 g/mol. The number of likely N-dealkylation sites (tertiary alicyclic amines) is 1. The van der Waals surface area contributed by atoms with E-state index in [1.165, 1.54) is 12.1 Å². The van der Waals surface area contributed by atoms with Crippen molar-refractivity contribution < 1.29 is 27.2 Å². The number of carbonyl (C=O) groups is 2. The molecular weight excluding hydrogens is 328 g/mol. The molecule has 1 fully saturated rings. The summed E-state index contributed by atoms with van der Waals surface area (Å²) >= 11 is 5.56. The summed E-state index contributed by atoms with van der Waals surface area (Å²) in [4.78, 5) is 24.1. The van der Waals surface area contributed by atoms with Gasteiger partial charge in [-0.2, -0.15) is 13.2 Å². The third-order valence-corrected chi connectivity index (χ3v) is 3.43. The fraction of sp³-hybridized carbons (Fsp3) is 0.385. The topological polar surface area (TPSA) is 49.4 Å². The van der Waals surface area contributed by atoms with Crippen LogP contribution in [0.4, 0.5) is 23.2 Å². The van der Waals surface area contributed by atoms with Crippen LogP contribution in [0.5, 0.6) is 0 Å². The molecule has 0 aliphatic carbocycles. The van der Waals surface area contributed by atoms with Crippen LogP contribution in [0.1, 0.15) is 6.42 Å². The van der Waals surface area contributed by atoms with Gasteiger partial charge in [0.1, 0.15) is 12.4 Å². The lowest BCUT2D eigenvalue weighted by molar-refractivity contribution is -0.157. The van der Waals surface area contributed by atoms with E-state index in [0.717, 1.165) is 6.07 Å². The van der Waals surface area contributed by atoms with E-state index in [2.05, 4.69) is 5.32 Å². The molecule has 0 saturated carbocycles. The van der Waals surface area contributed by atoms with Gasteiger partial charge in [0.05, 0.1) is 10.9 Å². The van der Waals surface area contributed by atoms with Crippen LogP contribution in [0.25, 0.3) is 0 Å². The molecular formula is C13H11ClF4N2O2. The summed E-state index contributed by atoms with van der Waals surface area (Å²) in [6.45, 7) is -1.68. The van der Waals surface area contributed by atoms with E-state index < -0.39 is 36.3 Å². The third-order valence-electron chi connectivity index (χ3n) is 3.14. The maximum absolute atomic E-state index is 13.0. The summed E-state index contributed by atoms with van der Waals surface area (Å²) in [6, 6.07) is 3.50. The molecule has 1 N–H and O–H groups in total. The minimum Gasteiger partial charge on any atom is -0.333 e. The standard InChI is InChI=1S/C13H11ClF4N2O2/c14-9-4-8(1-2-10(9)15)19-12(22)7-3-11(21)20(5-7)6-13(16,17)18/h1-2,4,7H,3,5-6H2,(H,19,22)/t7-/m1/s1. The van der Waals surface area contributed by atoms with Crippen LogP contribution in [0, 0.1) is 11.7 Å². The van der Waals surface area contributed by atoms with Crippen LogP contribution < -0.4 is 5.32 Å². The molecule has 0 aromatic heterocycles. The van der Waals surface area contributed by atoms with E-state index in [1.807, 2.05) is 0 Å². The van der Waals surface area contributed by atoms with Crippen LogP contribution in [0.15, 0.2) is 18.2 Å². The average molecular weight is 339 g/mol. The highest BCUT2D eigenvalue weighted by molar-refractivity contribution is 6.31. The van der Waals surface area contributed by atoms with E-state index in [1.54, 1.807) is 0 Å². The van der Waals surface area contributed by atoms with E-state index in [4.69, 9.17) is 11.6 Å². The first-order valence-corrected chi connectivity index (χ1v) is 6.64. The highest BCUT2D eigenvalue weighted by Gasteiger charge is 2.40. The summed E-state index contributed by atoms with van der Waals surface area (Å²) in [5.41, 5.74) is 0.207. The molecule has 22 heavy (non-hydrogen) atoms. The second kappa shape index (κ2) is 6.12. The van der Waals surface area contributed by atoms with Crippen molar-refractivity contribution in [3.63, 3.8) is 0 Å². The number of amides is 2. The van der Waals surface area contributed by atoms with Gasteiger partial charge in [0.15, 0.2) is 0 Å². The largest absolute Gasteiger partial charge is 0.406 e. The van der Waals surface area contributed by atoms with Gasteiger partial charge in [0, 0.05) is 18.7 Å². The summed E-state index contributed by atoms with van der Waals surface area (Å²) in [5.74, 6) is -2.89. The SMILES string of the molecule is O=C(Nc1ccc(F)c(Cl)c1)[C@@H]1CC(=O)N(CC(F)(F)F)C1. The third kappa shape index (κ3) is 4.09. The first kappa shape index (κ1) is 16.5. The maximum Gasteiger partial charge on any atom is 0.406 e. The minimum atomic E-state index is -4.51. The Balaban J connectivity index is 1.99. The molecule has 1 heterocycles. The Hall–Kier alpha value is -1.83. The number of hydrogen-bond donors (Lipinski definition) is 1. The fourth-order valence-corrected chi connectivity index (χ4v) is 2.32. The number of anilines is 1. The van der Waals surface area contributed by atoms with Crippen LogP contribution in [0.3, 0.4) is 0 Å². The number of halogens is 5. The van der Waals surface area contributed by atoms with Gasteiger partial charge >= 0.3 is 6.18 Å². The van der Waals surface area contributed by atoms with Gasteiger partial charge in [0.2, 0.25) is 11.8 Å². The molecule has 1 saturated heterocycles. The molecule has 1 aromatic carbocycles. The number of hydrogen-bond acceptors (Lipinski definition) is 2. The van der Waals surface area contributed by atoms with Crippen LogP contribution in [-0.4, -0.2) is 36.0 Å². The molecule has 1 aliphatic heterocycles. The first-order valence-electron chi connectivity index (χ1n) is 6.26. The molecule has 120 valence electrons. The van der Waals surface area contributed by atoms with Crippen molar-refractivity contribution >= 4 is 29.1 Å². The summed E-state index contributed by atoms with van der Waals surface area (Å²) in [6.07, 6.45) is -4.80. The second-order valence-electron chi connectivity index (χ2n) is 4.91. The number of nitrogens with zero attached hydrogens (tertiary/aromatic N) is 1. The molecule has 1 atom stereocenters. The Morgan fingerprint density at radius 2 is 2.09 bits per heavy atom. The van der Waals surface area contributed by atoms with Crippen molar-refractivity contribution in [2.45, 2.75) is 12.6 Å². The lowest BCUT2D eigenvalue weighted by Gasteiger charge is -2.18. The first-order chi connectivity index (χ1) is 10.2. The molecule has 0 spiro atoms. The molecule has 0 unspecified atom stereocenters. The number of alkyl halides is 3. The summed E-state index contributed by atoms with van der Waals surface area (Å²) in [7, 11) is 0. The molecule has 2 rings (SSSR count). The fourth-order valence-electron chi connectivity index (χ4n) is 2.14. The van der Waals surface area contributed by atoms with E-state index in [0.29, 0.717) is 4.90 Å². The number of benzene rings is 1.